The zero-order valence-corrected chi connectivity index (χ0v) is 14.4. The number of rotatable bonds is 4. The molecule has 1 aromatic heterocycles. The van der Waals surface area contributed by atoms with Crippen molar-refractivity contribution in [3.05, 3.63) is 38.6 Å². The minimum Gasteiger partial charge on any atom is -0.424 e. The van der Waals surface area contributed by atoms with Gasteiger partial charge in [-0.25, -0.2) is 0 Å². The number of carbonyl (C=O) groups excluding carboxylic acids is 1. The predicted octanol–water partition coefficient (Wildman–Crippen LogP) is 4.70. The number of Topliss-reactive ketones (excluding diaryl/α,β-unsaturated/α-hetero) is 1. The number of aromatic amines is 1. The zero-order valence-electron chi connectivity index (χ0n) is 12.9. The van der Waals surface area contributed by atoms with Crippen molar-refractivity contribution in [2.45, 2.75) is 20.0 Å². The summed E-state index contributed by atoms with van der Waals surface area (Å²) in [6.07, 6.45) is -3.21. The number of benzene rings is 1. The van der Waals surface area contributed by atoms with Crippen molar-refractivity contribution in [3.8, 4) is 5.75 Å². The fourth-order valence-corrected chi connectivity index (χ4v) is 2.80. The third kappa shape index (κ3) is 3.39. The zero-order chi connectivity index (χ0) is 18.2. The number of hydrogen-bond acceptors (Lipinski definition) is 4. The number of hydrogen-bond donors (Lipinski definition) is 1. The van der Waals surface area contributed by atoms with Crippen LogP contribution in [0.1, 0.15) is 29.8 Å². The molecule has 2 rings (SSSR count). The maximum atomic E-state index is 13.2. The Hall–Kier alpha value is -1.67. The summed E-state index contributed by atoms with van der Waals surface area (Å²) in [7, 11) is 0. The van der Waals surface area contributed by atoms with Crippen molar-refractivity contribution < 1.29 is 22.1 Å². The molecular weight excluding hydrogens is 367 g/mol. The first-order valence-electron chi connectivity index (χ1n) is 6.79. The van der Waals surface area contributed by atoms with Crippen LogP contribution in [0.2, 0.25) is 5.02 Å². The van der Waals surface area contributed by atoms with E-state index in [0.29, 0.717) is 6.07 Å². The third-order valence-corrected chi connectivity index (χ3v) is 3.83. The van der Waals surface area contributed by atoms with Gasteiger partial charge < -0.3 is 9.17 Å². The second kappa shape index (κ2) is 6.68. The number of fused-ring (bicyclic) bond motifs is 1. The minimum atomic E-state index is -4.73. The molecule has 0 unspecified atom stereocenters. The van der Waals surface area contributed by atoms with Gasteiger partial charge in [-0.05, 0) is 12.1 Å². The van der Waals surface area contributed by atoms with Crippen LogP contribution < -0.4 is 9.74 Å². The molecule has 0 aliphatic heterocycles. The summed E-state index contributed by atoms with van der Waals surface area (Å²) in [4.78, 5) is 26.7. The molecule has 0 saturated heterocycles. The van der Waals surface area contributed by atoms with E-state index in [1.807, 2.05) is 0 Å². The molecule has 0 radical (unpaired) electrons. The summed E-state index contributed by atoms with van der Waals surface area (Å²) in [5, 5.41) is -0.261. The van der Waals surface area contributed by atoms with Crippen molar-refractivity contribution >= 4 is 40.3 Å². The number of aromatic nitrogens is 1. The van der Waals surface area contributed by atoms with Gasteiger partial charge in [-0.1, -0.05) is 25.4 Å². The summed E-state index contributed by atoms with van der Waals surface area (Å²) in [5.74, 6) is -1.28. The van der Waals surface area contributed by atoms with Crippen LogP contribution in [0.15, 0.2) is 16.9 Å². The Morgan fingerprint density at radius 2 is 1.96 bits per heavy atom. The van der Waals surface area contributed by atoms with Gasteiger partial charge in [0.1, 0.15) is 5.56 Å². The molecule has 0 fully saturated rings. The van der Waals surface area contributed by atoms with Gasteiger partial charge in [0.25, 0.3) is 5.56 Å². The molecule has 9 heteroatoms. The Bertz CT molecular complexity index is 862. The van der Waals surface area contributed by atoms with E-state index in [1.54, 1.807) is 13.8 Å². The number of alkyl halides is 3. The van der Waals surface area contributed by atoms with Crippen molar-refractivity contribution in [1.29, 1.82) is 0 Å². The van der Waals surface area contributed by atoms with Crippen LogP contribution in [0.5, 0.6) is 5.75 Å². The Morgan fingerprint density at radius 3 is 2.46 bits per heavy atom. The van der Waals surface area contributed by atoms with Crippen molar-refractivity contribution in [2.75, 3.05) is 6.26 Å². The van der Waals surface area contributed by atoms with Gasteiger partial charge in [0.2, 0.25) is 0 Å². The highest BCUT2D eigenvalue weighted by Gasteiger charge is 2.35. The predicted molar refractivity (Wildman–Crippen MR) is 87.9 cm³/mol. The first-order chi connectivity index (χ1) is 11.1. The van der Waals surface area contributed by atoms with E-state index in [1.165, 1.54) is 12.3 Å². The summed E-state index contributed by atoms with van der Waals surface area (Å²) in [6.45, 7) is 3.15. The molecule has 1 heterocycles. The molecule has 2 aromatic rings. The SMILES string of the molecule is CSOc1c(C(=O)C(C)C)c(=O)[nH]c2c(C(F)(F)F)cc(Cl)cc12. The number of nitrogens with one attached hydrogen (secondary N) is 1. The number of ketones is 1. The average Bonchev–Trinajstić information content (AvgIpc) is 2.46. The fraction of sp³-hybridized carbons (Fsp3) is 0.333. The lowest BCUT2D eigenvalue weighted by Gasteiger charge is -2.16. The van der Waals surface area contributed by atoms with Gasteiger partial charge in [-0.2, -0.15) is 13.2 Å². The molecule has 0 amide bonds. The van der Waals surface area contributed by atoms with Crippen LogP contribution in [0.25, 0.3) is 10.9 Å². The van der Waals surface area contributed by atoms with Gasteiger partial charge in [0.05, 0.1) is 23.1 Å². The average molecular weight is 380 g/mol. The summed E-state index contributed by atoms with van der Waals surface area (Å²) in [6, 6.07) is 1.94. The lowest BCUT2D eigenvalue weighted by molar-refractivity contribution is -0.136. The molecular formula is C15H13ClF3NO3S. The van der Waals surface area contributed by atoms with Crippen molar-refractivity contribution in [2.24, 2.45) is 5.92 Å². The van der Waals surface area contributed by atoms with E-state index >= 15 is 0 Å². The molecule has 4 nitrogen and oxygen atoms in total. The molecule has 0 aliphatic carbocycles. The van der Waals surface area contributed by atoms with Crippen LogP contribution in [-0.2, 0) is 6.18 Å². The second-order valence-corrected chi connectivity index (χ2v) is 6.24. The Kier molecular flexibility index (Phi) is 5.19. The van der Waals surface area contributed by atoms with E-state index in [2.05, 4.69) is 4.98 Å². The third-order valence-electron chi connectivity index (χ3n) is 3.28. The smallest absolute Gasteiger partial charge is 0.418 e. The van der Waals surface area contributed by atoms with Crippen LogP contribution >= 0.6 is 23.6 Å². The Balaban J connectivity index is 2.99. The fourth-order valence-electron chi connectivity index (χ4n) is 2.24. The first kappa shape index (κ1) is 18.7. The number of halogens is 4. The van der Waals surface area contributed by atoms with E-state index in [-0.39, 0.29) is 21.7 Å². The van der Waals surface area contributed by atoms with E-state index in [0.717, 1.165) is 12.0 Å². The molecule has 1 aromatic carbocycles. The van der Waals surface area contributed by atoms with E-state index in [4.69, 9.17) is 15.8 Å². The van der Waals surface area contributed by atoms with Crippen molar-refractivity contribution in [1.82, 2.24) is 4.98 Å². The number of pyridine rings is 1. The molecule has 130 valence electrons. The molecule has 0 bridgehead atoms. The maximum Gasteiger partial charge on any atom is 0.418 e. The van der Waals surface area contributed by atoms with Gasteiger partial charge >= 0.3 is 6.18 Å². The first-order valence-corrected chi connectivity index (χ1v) is 8.32. The summed E-state index contributed by atoms with van der Waals surface area (Å²) >= 11 is 6.61. The lowest BCUT2D eigenvalue weighted by Crippen LogP contribution is -2.23. The Morgan fingerprint density at radius 1 is 1.33 bits per heavy atom. The molecule has 0 aliphatic rings. The molecule has 0 spiro atoms. The van der Waals surface area contributed by atoms with Gasteiger partial charge in [0.15, 0.2) is 11.5 Å². The van der Waals surface area contributed by atoms with Crippen LogP contribution in [0, 0.1) is 5.92 Å². The molecule has 0 saturated carbocycles. The topological polar surface area (TPSA) is 59.2 Å². The number of H-pyrrole nitrogens is 1. The quantitative estimate of drug-likeness (QED) is 0.618. The maximum absolute atomic E-state index is 13.2. The van der Waals surface area contributed by atoms with Gasteiger partial charge in [-0.3, -0.25) is 9.59 Å². The van der Waals surface area contributed by atoms with E-state index < -0.39 is 34.5 Å². The van der Waals surface area contributed by atoms with Gasteiger partial charge in [-0.15, -0.1) is 0 Å². The Labute approximate surface area is 144 Å². The van der Waals surface area contributed by atoms with Crippen LogP contribution in [0.3, 0.4) is 0 Å². The summed E-state index contributed by atoms with van der Waals surface area (Å²) in [5.41, 5.74) is -2.82. The monoisotopic (exact) mass is 379 g/mol. The highest BCUT2D eigenvalue weighted by molar-refractivity contribution is 7.94. The highest BCUT2D eigenvalue weighted by atomic mass is 35.5. The number of carbonyl (C=O) groups is 1. The largest absolute Gasteiger partial charge is 0.424 e. The summed E-state index contributed by atoms with van der Waals surface area (Å²) < 4.78 is 45.0. The minimum absolute atomic E-state index is 0.0761. The van der Waals surface area contributed by atoms with Crippen LogP contribution in [-0.4, -0.2) is 17.0 Å². The molecule has 0 atom stereocenters. The second-order valence-electron chi connectivity index (χ2n) is 5.30. The van der Waals surface area contributed by atoms with Gasteiger partial charge in [0, 0.05) is 22.6 Å². The van der Waals surface area contributed by atoms with Crippen LogP contribution in [0.4, 0.5) is 13.2 Å². The van der Waals surface area contributed by atoms with Crippen molar-refractivity contribution in [3.63, 3.8) is 0 Å². The normalized spacial score (nSPS) is 12.0. The highest BCUT2D eigenvalue weighted by Crippen LogP contribution is 2.40. The van der Waals surface area contributed by atoms with E-state index in [9.17, 15) is 22.8 Å². The standard InChI is InChI=1S/C15H13ClF3NO3S/c1-6(2)12(21)10-13(23-24-3)8-4-7(16)5-9(15(17,18)19)11(8)20-14(10)22/h4-6H,1-3H3,(H,20,22). The lowest BCUT2D eigenvalue weighted by atomic mass is 9.98. The molecule has 1 N–H and O–H groups in total. The molecule has 24 heavy (non-hydrogen) atoms.